The molecule has 3 heterocycles. The zero-order valence-corrected chi connectivity index (χ0v) is 12.9. The van der Waals surface area contributed by atoms with Gasteiger partial charge in [0, 0.05) is 18.5 Å². The normalized spacial score (nSPS) is 23.0. The van der Waals surface area contributed by atoms with Crippen LogP contribution >= 0.6 is 0 Å². The number of nitrogens with one attached hydrogen (secondary N) is 1. The molecular formula is C17H16FN3O3. The number of cyclic esters (lactones) is 1. The SMILES string of the molecule is O=C(c1cc(-c2ccc(F)cc2)n[nH]1)N1CCCC12CCOC2=O. The Morgan fingerprint density at radius 1 is 1.29 bits per heavy atom. The number of carbonyl (C=O) groups excluding carboxylic acids is 2. The fraction of sp³-hybridized carbons (Fsp3) is 0.353. The number of esters is 1. The summed E-state index contributed by atoms with van der Waals surface area (Å²) in [6, 6.07) is 7.52. The van der Waals surface area contributed by atoms with Gasteiger partial charge in [0.2, 0.25) is 0 Å². The van der Waals surface area contributed by atoms with E-state index in [4.69, 9.17) is 4.74 Å². The molecule has 0 saturated carbocycles. The molecule has 4 rings (SSSR count). The zero-order chi connectivity index (χ0) is 16.7. The first-order valence-corrected chi connectivity index (χ1v) is 7.91. The third kappa shape index (κ3) is 2.19. The van der Waals surface area contributed by atoms with Gasteiger partial charge in [0.1, 0.15) is 17.1 Å². The maximum Gasteiger partial charge on any atom is 0.332 e. The summed E-state index contributed by atoms with van der Waals surface area (Å²) in [6.07, 6.45) is 1.95. The molecule has 0 radical (unpaired) electrons. The molecule has 24 heavy (non-hydrogen) atoms. The average molecular weight is 329 g/mol. The Morgan fingerprint density at radius 2 is 2.08 bits per heavy atom. The second kappa shape index (κ2) is 5.43. The topological polar surface area (TPSA) is 75.3 Å². The van der Waals surface area contributed by atoms with Gasteiger partial charge < -0.3 is 9.64 Å². The summed E-state index contributed by atoms with van der Waals surface area (Å²) in [5, 5.41) is 6.86. The van der Waals surface area contributed by atoms with Crippen LogP contribution in [0.4, 0.5) is 4.39 Å². The number of H-pyrrole nitrogens is 1. The van der Waals surface area contributed by atoms with Crippen molar-refractivity contribution in [1.82, 2.24) is 15.1 Å². The predicted octanol–water partition coefficient (Wildman–Crippen LogP) is 2.14. The van der Waals surface area contributed by atoms with Crippen molar-refractivity contribution >= 4 is 11.9 Å². The number of halogens is 1. The Hall–Kier alpha value is -2.70. The summed E-state index contributed by atoms with van der Waals surface area (Å²) in [4.78, 5) is 26.6. The van der Waals surface area contributed by atoms with Gasteiger partial charge in [0.15, 0.2) is 0 Å². The highest BCUT2D eigenvalue weighted by atomic mass is 19.1. The van der Waals surface area contributed by atoms with Gasteiger partial charge in [0.05, 0.1) is 12.3 Å². The average Bonchev–Trinajstić information content (AvgIpc) is 3.30. The largest absolute Gasteiger partial charge is 0.464 e. The highest BCUT2D eigenvalue weighted by Gasteiger charge is 2.54. The number of ether oxygens (including phenoxy) is 1. The molecule has 2 aromatic rings. The number of aromatic nitrogens is 2. The van der Waals surface area contributed by atoms with E-state index in [1.807, 2.05) is 0 Å². The first kappa shape index (κ1) is 14.9. The van der Waals surface area contributed by atoms with Gasteiger partial charge in [-0.3, -0.25) is 9.89 Å². The van der Waals surface area contributed by atoms with Gasteiger partial charge >= 0.3 is 5.97 Å². The van der Waals surface area contributed by atoms with E-state index in [1.54, 1.807) is 23.1 Å². The Balaban J connectivity index is 1.61. The van der Waals surface area contributed by atoms with E-state index in [2.05, 4.69) is 10.2 Å². The Morgan fingerprint density at radius 3 is 2.79 bits per heavy atom. The molecule has 2 saturated heterocycles. The molecule has 2 aliphatic rings. The Labute approximate surface area is 137 Å². The van der Waals surface area contributed by atoms with Crippen LogP contribution in [0.2, 0.25) is 0 Å². The number of amides is 1. The third-order valence-corrected chi connectivity index (χ3v) is 4.81. The highest BCUT2D eigenvalue weighted by Crippen LogP contribution is 2.38. The summed E-state index contributed by atoms with van der Waals surface area (Å²) in [5.41, 5.74) is 0.761. The van der Waals surface area contributed by atoms with Crippen LogP contribution < -0.4 is 0 Å². The lowest BCUT2D eigenvalue weighted by Gasteiger charge is -2.30. The summed E-state index contributed by atoms with van der Waals surface area (Å²) >= 11 is 0. The minimum Gasteiger partial charge on any atom is -0.464 e. The van der Waals surface area contributed by atoms with Crippen LogP contribution in [0.1, 0.15) is 29.8 Å². The van der Waals surface area contributed by atoms with Gasteiger partial charge in [-0.25, -0.2) is 9.18 Å². The number of nitrogens with zero attached hydrogens (tertiary/aromatic N) is 2. The number of likely N-dealkylation sites (tertiary alicyclic amines) is 1. The van der Waals surface area contributed by atoms with Crippen LogP contribution in [-0.4, -0.2) is 45.7 Å². The lowest BCUT2D eigenvalue weighted by Crippen LogP contribution is -2.50. The van der Waals surface area contributed by atoms with Gasteiger partial charge in [-0.2, -0.15) is 5.10 Å². The molecule has 7 heteroatoms. The molecule has 6 nitrogen and oxygen atoms in total. The summed E-state index contributed by atoms with van der Waals surface area (Å²) in [5.74, 6) is -0.900. The summed E-state index contributed by atoms with van der Waals surface area (Å²) in [6.45, 7) is 0.880. The van der Waals surface area contributed by atoms with Gasteiger partial charge in [-0.1, -0.05) is 0 Å². The smallest absolute Gasteiger partial charge is 0.332 e. The van der Waals surface area contributed by atoms with E-state index in [-0.39, 0.29) is 17.7 Å². The lowest BCUT2D eigenvalue weighted by atomic mass is 9.94. The maximum atomic E-state index is 13.0. The van der Waals surface area contributed by atoms with Crippen LogP contribution in [0.15, 0.2) is 30.3 Å². The number of carbonyl (C=O) groups is 2. The van der Waals surface area contributed by atoms with Gasteiger partial charge in [0.25, 0.3) is 5.91 Å². The third-order valence-electron chi connectivity index (χ3n) is 4.81. The predicted molar refractivity (Wildman–Crippen MR) is 82.6 cm³/mol. The van der Waals surface area contributed by atoms with Crippen molar-refractivity contribution in [3.05, 3.63) is 41.8 Å². The molecule has 1 spiro atoms. The molecule has 1 N–H and O–H groups in total. The van der Waals surface area contributed by atoms with Crippen molar-refractivity contribution in [2.45, 2.75) is 24.8 Å². The fourth-order valence-corrected chi connectivity index (χ4v) is 3.54. The van der Waals surface area contributed by atoms with E-state index >= 15 is 0 Å². The van der Waals surface area contributed by atoms with Crippen molar-refractivity contribution in [2.24, 2.45) is 0 Å². The van der Waals surface area contributed by atoms with E-state index < -0.39 is 5.54 Å². The van der Waals surface area contributed by atoms with E-state index in [1.165, 1.54) is 12.1 Å². The van der Waals surface area contributed by atoms with Crippen LogP contribution in [0.25, 0.3) is 11.3 Å². The van der Waals surface area contributed by atoms with E-state index in [0.717, 1.165) is 6.42 Å². The summed E-state index contributed by atoms with van der Waals surface area (Å²) in [7, 11) is 0. The van der Waals surface area contributed by atoms with Crippen LogP contribution in [0.5, 0.6) is 0 Å². The van der Waals surface area contributed by atoms with Crippen molar-refractivity contribution < 1.29 is 18.7 Å². The number of rotatable bonds is 2. The van der Waals surface area contributed by atoms with Gasteiger partial charge in [-0.05, 0) is 43.2 Å². The number of aromatic amines is 1. The van der Waals surface area contributed by atoms with Crippen LogP contribution in [0, 0.1) is 5.82 Å². The zero-order valence-electron chi connectivity index (χ0n) is 12.9. The van der Waals surface area contributed by atoms with Crippen LogP contribution in [0.3, 0.4) is 0 Å². The first-order chi connectivity index (χ1) is 11.6. The van der Waals surface area contributed by atoms with Crippen LogP contribution in [-0.2, 0) is 9.53 Å². The second-order valence-corrected chi connectivity index (χ2v) is 6.15. The molecule has 2 fully saturated rings. The van der Waals surface area contributed by atoms with E-state index in [0.29, 0.717) is 42.9 Å². The minimum atomic E-state index is -0.821. The minimum absolute atomic E-state index is 0.257. The van der Waals surface area contributed by atoms with Crippen molar-refractivity contribution in [3.8, 4) is 11.3 Å². The molecular weight excluding hydrogens is 313 g/mol. The summed E-state index contributed by atoms with van der Waals surface area (Å²) < 4.78 is 18.1. The first-order valence-electron chi connectivity index (χ1n) is 7.91. The van der Waals surface area contributed by atoms with E-state index in [9.17, 15) is 14.0 Å². The number of hydrogen-bond acceptors (Lipinski definition) is 4. The molecule has 2 aliphatic heterocycles. The van der Waals surface area contributed by atoms with Crippen molar-refractivity contribution in [1.29, 1.82) is 0 Å². The number of benzene rings is 1. The molecule has 0 aliphatic carbocycles. The molecule has 1 aromatic carbocycles. The Kier molecular flexibility index (Phi) is 3.37. The highest BCUT2D eigenvalue weighted by molar-refractivity contribution is 5.98. The molecule has 1 amide bonds. The van der Waals surface area contributed by atoms with Crippen molar-refractivity contribution in [3.63, 3.8) is 0 Å². The molecule has 124 valence electrons. The molecule has 1 unspecified atom stereocenters. The van der Waals surface area contributed by atoms with Gasteiger partial charge in [-0.15, -0.1) is 0 Å². The second-order valence-electron chi connectivity index (χ2n) is 6.15. The van der Waals surface area contributed by atoms with Crippen molar-refractivity contribution in [2.75, 3.05) is 13.2 Å². The monoisotopic (exact) mass is 329 g/mol. The maximum absolute atomic E-state index is 13.0. The lowest BCUT2D eigenvalue weighted by molar-refractivity contribution is -0.145. The molecule has 1 aromatic heterocycles. The molecule has 1 atom stereocenters. The quantitative estimate of drug-likeness (QED) is 0.857. The Bertz CT molecular complexity index is 798. The standard InChI is InChI=1S/C17H16FN3O3/c18-12-4-2-11(3-5-12)13-10-14(20-19-13)15(22)21-8-1-6-17(21)7-9-24-16(17)23/h2-5,10H,1,6-9H2,(H,19,20). The molecule has 0 bridgehead atoms. The fourth-order valence-electron chi connectivity index (χ4n) is 3.54. The number of hydrogen-bond donors (Lipinski definition) is 1.